The Morgan fingerprint density at radius 3 is 2.56 bits per heavy atom. The van der Waals surface area contributed by atoms with Crippen LogP contribution in [-0.2, 0) is 0 Å². The minimum atomic E-state index is -0.296. The van der Waals surface area contributed by atoms with Crippen LogP contribution in [-0.4, -0.2) is 17.7 Å². The molecule has 0 unspecified atom stereocenters. The molecule has 0 aromatic heterocycles. The molecule has 0 saturated heterocycles. The van der Waals surface area contributed by atoms with Crippen molar-refractivity contribution in [1.82, 2.24) is 0 Å². The highest BCUT2D eigenvalue weighted by Crippen LogP contribution is 1.78. The molecule has 0 aromatic carbocycles. The zero-order chi connectivity index (χ0) is 7.28. The highest BCUT2D eigenvalue weighted by molar-refractivity contribution is 5.91. The summed E-state index contributed by atoms with van der Waals surface area (Å²) in [7, 11) is 0. The average Bonchev–Trinajstić information content (AvgIpc) is 1.63. The molecule has 4 nitrogen and oxygen atoms in total. The number of nitrogens with zero attached hydrogens (tertiary/aromatic N) is 1. The Morgan fingerprint density at radius 2 is 2.22 bits per heavy atom. The standard InChI is InChI=1S/C5H11N3O/c1-4(6)2-5(7)8-3-9/h2,9H,3,6H2,1H3,(H2,7,8)/b4-2+. The largest absolute Gasteiger partial charge is 0.402 e. The first-order valence-corrected chi connectivity index (χ1v) is 2.51. The van der Waals surface area contributed by atoms with E-state index in [1.807, 2.05) is 0 Å². The van der Waals surface area contributed by atoms with Gasteiger partial charge in [0.1, 0.15) is 12.6 Å². The summed E-state index contributed by atoms with van der Waals surface area (Å²) in [6, 6.07) is 0. The molecule has 5 N–H and O–H groups in total. The van der Waals surface area contributed by atoms with E-state index in [0.29, 0.717) is 5.70 Å². The van der Waals surface area contributed by atoms with Crippen LogP contribution in [0.3, 0.4) is 0 Å². The van der Waals surface area contributed by atoms with Crippen molar-refractivity contribution in [3.05, 3.63) is 11.8 Å². The van der Waals surface area contributed by atoms with E-state index < -0.39 is 0 Å². The number of aliphatic hydroxyl groups excluding tert-OH is 1. The molecule has 0 aliphatic rings. The lowest BCUT2D eigenvalue weighted by atomic mass is 10.4. The number of hydrogen-bond donors (Lipinski definition) is 3. The van der Waals surface area contributed by atoms with E-state index in [9.17, 15) is 0 Å². The lowest BCUT2D eigenvalue weighted by Gasteiger charge is -1.90. The average molecular weight is 129 g/mol. The van der Waals surface area contributed by atoms with E-state index in [1.165, 1.54) is 6.08 Å². The monoisotopic (exact) mass is 129 g/mol. The first-order valence-electron chi connectivity index (χ1n) is 2.51. The van der Waals surface area contributed by atoms with Gasteiger partial charge in [0, 0.05) is 5.70 Å². The third-order valence-corrected chi connectivity index (χ3v) is 0.629. The third kappa shape index (κ3) is 4.83. The van der Waals surface area contributed by atoms with Crippen LogP contribution in [0.1, 0.15) is 6.92 Å². The third-order valence-electron chi connectivity index (χ3n) is 0.629. The SMILES string of the molecule is C/C(N)=C\C(N)=NCO. The molecule has 0 amide bonds. The van der Waals surface area contributed by atoms with Crippen LogP contribution in [0.4, 0.5) is 0 Å². The smallest absolute Gasteiger partial charge is 0.136 e. The van der Waals surface area contributed by atoms with E-state index in [1.54, 1.807) is 6.92 Å². The second-order valence-corrected chi connectivity index (χ2v) is 1.61. The van der Waals surface area contributed by atoms with Gasteiger partial charge in [-0.1, -0.05) is 0 Å². The fourth-order valence-electron chi connectivity index (χ4n) is 0.361. The summed E-state index contributed by atoms with van der Waals surface area (Å²) in [5.41, 5.74) is 11.0. The molecule has 0 bridgehead atoms. The highest BCUT2D eigenvalue weighted by atomic mass is 16.3. The number of allylic oxidation sites excluding steroid dienone is 1. The van der Waals surface area contributed by atoms with Gasteiger partial charge in [-0.15, -0.1) is 0 Å². The minimum absolute atomic E-state index is 0.248. The van der Waals surface area contributed by atoms with Gasteiger partial charge in [0.15, 0.2) is 0 Å². The van der Waals surface area contributed by atoms with Crippen LogP contribution in [0, 0.1) is 0 Å². The molecule has 9 heavy (non-hydrogen) atoms. The highest BCUT2D eigenvalue weighted by Gasteiger charge is 1.82. The van der Waals surface area contributed by atoms with Crippen molar-refractivity contribution in [3.8, 4) is 0 Å². The van der Waals surface area contributed by atoms with Gasteiger partial charge < -0.3 is 16.6 Å². The summed E-state index contributed by atoms with van der Waals surface area (Å²) in [6.45, 7) is 1.40. The maximum absolute atomic E-state index is 8.21. The summed E-state index contributed by atoms with van der Waals surface area (Å²) in [4.78, 5) is 3.46. The predicted octanol–water partition coefficient (Wildman–Crippen LogP) is -0.844. The molecule has 4 heteroatoms. The molecule has 0 aliphatic heterocycles. The zero-order valence-electron chi connectivity index (χ0n) is 5.33. The van der Waals surface area contributed by atoms with Gasteiger partial charge in [-0.3, -0.25) is 0 Å². The maximum Gasteiger partial charge on any atom is 0.136 e. The maximum atomic E-state index is 8.21. The van der Waals surface area contributed by atoms with E-state index in [0.717, 1.165) is 0 Å². The normalized spacial score (nSPS) is 14.0. The van der Waals surface area contributed by atoms with Crippen LogP contribution in [0.2, 0.25) is 0 Å². The van der Waals surface area contributed by atoms with Crippen molar-refractivity contribution in [2.45, 2.75) is 6.92 Å². The molecule has 0 spiro atoms. The summed E-state index contributed by atoms with van der Waals surface area (Å²) in [5.74, 6) is 0.248. The Morgan fingerprint density at radius 1 is 1.67 bits per heavy atom. The number of rotatable bonds is 2. The second kappa shape index (κ2) is 3.91. The Labute approximate surface area is 53.9 Å². The molecule has 0 saturated carbocycles. The summed E-state index contributed by atoms with van der Waals surface area (Å²) < 4.78 is 0. The summed E-state index contributed by atoms with van der Waals surface area (Å²) in [6.07, 6.45) is 1.48. The van der Waals surface area contributed by atoms with Crippen LogP contribution >= 0.6 is 0 Å². The molecule has 0 aliphatic carbocycles. The van der Waals surface area contributed by atoms with Crippen LogP contribution < -0.4 is 11.5 Å². The Hall–Kier alpha value is -1.03. The van der Waals surface area contributed by atoms with Gasteiger partial charge in [-0.25, -0.2) is 4.99 Å². The van der Waals surface area contributed by atoms with E-state index >= 15 is 0 Å². The van der Waals surface area contributed by atoms with Crippen LogP contribution in [0.5, 0.6) is 0 Å². The fraction of sp³-hybridized carbons (Fsp3) is 0.400. The fourth-order valence-corrected chi connectivity index (χ4v) is 0.361. The Balaban J connectivity index is 3.90. The van der Waals surface area contributed by atoms with Crippen molar-refractivity contribution < 1.29 is 5.11 Å². The minimum Gasteiger partial charge on any atom is -0.402 e. The van der Waals surface area contributed by atoms with Gasteiger partial charge in [0.2, 0.25) is 0 Å². The number of amidine groups is 1. The lowest BCUT2D eigenvalue weighted by Crippen LogP contribution is -2.11. The van der Waals surface area contributed by atoms with Crippen molar-refractivity contribution in [3.63, 3.8) is 0 Å². The molecule has 0 aromatic rings. The van der Waals surface area contributed by atoms with E-state index in [4.69, 9.17) is 16.6 Å². The molecule has 0 atom stereocenters. The van der Waals surface area contributed by atoms with Crippen LogP contribution in [0.25, 0.3) is 0 Å². The molecule has 0 rings (SSSR count). The van der Waals surface area contributed by atoms with Gasteiger partial charge in [-0.05, 0) is 13.0 Å². The Kier molecular flexibility index (Phi) is 3.46. The van der Waals surface area contributed by atoms with Crippen molar-refractivity contribution in [2.24, 2.45) is 16.5 Å². The number of aliphatic imine (C=N–C) groups is 1. The van der Waals surface area contributed by atoms with E-state index in [-0.39, 0.29) is 12.6 Å². The molecular formula is C5H11N3O. The molecular weight excluding hydrogens is 118 g/mol. The first kappa shape index (κ1) is 7.97. The predicted molar refractivity (Wildman–Crippen MR) is 36.7 cm³/mol. The zero-order valence-corrected chi connectivity index (χ0v) is 5.33. The topological polar surface area (TPSA) is 84.6 Å². The molecule has 0 heterocycles. The molecule has 52 valence electrons. The quantitative estimate of drug-likeness (QED) is 0.335. The molecule has 0 radical (unpaired) electrons. The van der Waals surface area contributed by atoms with Gasteiger partial charge >= 0.3 is 0 Å². The van der Waals surface area contributed by atoms with Gasteiger partial charge in [0.05, 0.1) is 0 Å². The first-order chi connectivity index (χ1) is 4.16. The number of nitrogens with two attached hydrogens (primary N) is 2. The second-order valence-electron chi connectivity index (χ2n) is 1.61. The van der Waals surface area contributed by atoms with Gasteiger partial charge in [0.25, 0.3) is 0 Å². The summed E-state index contributed by atoms with van der Waals surface area (Å²) >= 11 is 0. The van der Waals surface area contributed by atoms with Crippen molar-refractivity contribution in [2.75, 3.05) is 6.73 Å². The van der Waals surface area contributed by atoms with Gasteiger partial charge in [-0.2, -0.15) is 0 Å². The Bertz CT molecular complexity index is 135. The van der Waals surface area contributed by atoms with Crippen molar-refractivity contribution >= 4 is 5.84 Å². The van der Waals surface area contributed by atoms with Crippen molar-refractivity contribution in [1.29, 1.82) is 0 Å². The number of hydrogen-bond acceptors (Lipinski definition) is 3. The lowest BCUT2D eigenvalue weighted by molar-refractivity contribution is 0.309. The van der Waals surface area contributed by atoms with E-state index in [2.05, 4.69) is 4.99 Å². The molecule has 0 fully saturated rings. The van der Waals surface area contributed by atoms with Crippen LogP contribution in [0.15, 0.2) is 16.8 Å². The summed E-state index contributed by atoms with van der Waals surface area (Å²) in [5, 5.41) is 8.21. The number of aliphatic hydroxyl groups is 1.